The number of oxime groups is 1. The number of nitrogens with zero attached hydrogens (tertiary/aromatic N) is 2. The average molecular weight is 203 g/mol. The number of nitrogens with two attached hydrogens (primary N) is 1. The van der Waals surface area contributed by atoms with Gasteiger partial charge in [0.1, 0.15) is 5.84 Å². The van der Waals surface area contributed by atoms with Crippen LogP contribution in [0, 0.1) is 0 Å². The molecular formula is C8H17N3OS. The summed E-state index contributed by atoms with van der Waals surface area (Å²) >= 11 is 2.00. The van der Waals surface area contributed by atoms with E-state index in [0.717, 1.165) is 6.54 Å². The molecule has 0 radical (unpaired) electrons. The number of thioether (sulfide) groups is 1. The molecule has 1 fully saturated rings. The van der Waals surface area contributed by atoms with Crippen molar-refractivity contribution in [2.75, 3.05) is 25.1 Å². The molecule has 5 heteroatoms. The second-order valence-electron chi connectivity index (χ2n) is 3.34. The van der Waals surface area contributed by atoms with Crippen molar-refractivity contribution in [3.8, 4) is 0 Å². The summed E-state index contributed by atoms with van der Waals surface area (Å²) in [4.78, 5) is 2.29. The lowest BCUT2D eigenvalue weighted by molar-refractivity contribution is 0.267. The maximum absolute atomic E-state index is 8.35. The number of amidine groups is 1. The number of hydrogen-bond acceptors (Lipinski definition) is 4. The molecule has 76 valence electrons. The average Bonchev–Trinajstić information content (AvgIpc) is 2.66. The predicted octanol–water partition coefficient (Wildman–Crippen LogP) is 0.560. The van der Waals surface area contributed by atoms with E-state index in [0.29, 0.717) is 18.3 Å². The summed E-state index contributed by atoms with van der Waals surface area (Å²) in [6.07, 6.45) is 1.91. The first kappa shape index (κ1) is 10.7. The van der Waals surface area contributed by atoms with E-state index < -0.39 is 0 Å². The van der Waals surface area contributed by atoms with Crippen molar-refractivity contribution < 1.29 is 5.21 Å². The van der Waals surface area contributed by atoms with Gasteiger partial charge in [-0.1, -0.05) is 5.16 Å². The fourth-order valence-corrected chi connectivity index (χ4v) is 2.69. The Hall–Kier alpha value is -0.420. The summed E-state index contributed by atoms with van der Waals surface area (Å²) in [7, 11) is 2.10. The molecule has 1 unspecified atom stereocenters. The molecule has 1 aliphatic heterocycles. The standard InChI is InChI=1S/C8H17N3OS/c1-11(4-2-8(9)10-12)7-3-5-13-6-7/h7,12H,2-6H2,1H3,(H2,9,10). The number of hydrogen-bond donors (Lipinski definition) is 2. The third-order valence-electron chi connectivity index (χ3n) is 2.38. The Morgan fingerprint density at radius 2 is 2.54 bits per heavy atom. The molecule has 1 rings (SSSR count). The molecule has 0 aromatic heterocycles. The Morgan fingerprint density at radius 1 is 1.77 bits per heavy atom. The Bertz CT molecular complexity index is 180. The molecule has 1 saturated heterocycles. The van der Waals surface area contributed by atoms with E-state index >= 15 is 0 Å². The van der Waals surface area contributed by atoms with Crippen LogP contribution in [-0.2, 0) is 0 Å². The molecule has 1 aliphatic rings. The highest BCUT2D eigenvalue weighted by atomic mass is 32.2. The minimum Gasteiger partial charge on any atom is -0.409 e. The lowest BCUT2D eigenvalue weighted by Gasteiger charge is -2.22. The molecular weight excluding hydrogens is 186 g/mol. The van der Waals surface area contributed by atoms with Gasteiger partial charge in [-0.05, 0) is 19.2 Å². The second-order valence-corrected chi connectivity index (χ2v) is 4.49. The lowest BCUT2D eigenvalue weighted by Crippen LogP contribution is -2.34. The smallest absolute Gasteiger partial charge is 0.140 e. The van der Waals surface area contributed by atoms with Gasteiger partial charge >= 0.3 is 0 Å². The van der Waals surface area contributed by atoms with Gasteiger partial charge in [0.2, 0.25) is 0 Å². The van der Waals surface area contributed by atoms with Crippen LogP contribution in [0.4, 0.5) is 0 Å². The molecule has 4 nitrogen and oxygen atoms in total. The van der Waals surface area contributed by atoms with Gasteiger partial charge in [-0.3, -0.25) is 0 Å². The zero-order chi connectivity index (χ0) is 9.68. The van der Waals surface area contributed by atoms with Crippen molar-refractivity contribution in [3.05, 3.63) is 0 Å². The first-order valence-corrected chi connectivity index (χ1v) is 5.64. The maximum Gasteiger partial charge on any atom is 0.140 e. The predicted molar refractivity (Wildman–Crippen MR) is 56.4 cm³/mol. The zero-order valence-electron chi connectivity index (χ0n) is 7.94. The molecule has 0 aromatic carbocycles. The monoisotopic (exact) mass is 203 g/mol. The quantitative estimate of drug-likeness (QED) is 0.303. The molecule has 1 heterocycles. The van der Waals surface area contributed by atoms with E-state index in [1.54, 1.807) is 0 Å². The van der Waals surface area contributed by atoms with Crippen molar-refractivity contribution in [1.82, 2.24) is 4.90 Å². The summed E-state index contributed by atoms with van der Waals surface area (Å²) in [6, 6.07) is 0.677. The van der Waals surface area contributed by atoms with Crippen LogP contribution in [0.15, 0.2) is 5.16 Å². The van der Waals surface area contributed by atoms with Crippen LogP contribution in [0.25, 0.3) is 0 Å². The maximum atomic E-state index is 8.35. The first-order chi connectivity index (χ1) is 6.24. The van der Waals surface area contributed by atoms with Gasteiger partial charge in [0.05, 0.1) is 0 Å². The molecule has 0 aromatic rings. The van der Waals surface area contributed by atoms with Gasteiger partial charge in [-0.2, -0.15) is 11.8 Å². The van der Waals surface area contributed by atoms with Crippen molar-refractivity contribution >= 4 is 17.6 Å². The van der Waals surface area contributed by atoms with Crippen molar-refractivity contribution in [2.45, 2.75) is 18.9 Å². The summed E-state index contributed by atoms with van der Waals surface area (Å²) in [6.45, 7) is 0.876. The molecule has 13 heavy (non-hydrogen) atoms. The van der Waals surface area contributed by atoms with Crippen LogP contribution in [0.2, 0.25) is 0 Å². The second kappa shape index (κ2) is 5.34. The third-order valence-corrected chi connectivity index (χ3v) is 3.52. The van der Waals surface area contributed by atoms with Crippen molar-refractivity contribution in [1.29, 1.82) is 0 Å². The van der Waals surface area contributed by atoms with Gasteiger partial charge < -0.3 is 15.8 Å². The third kappa shape index (κ3) is 3.44. The lowest BCUT2D eigenvalue weighted by atomic mass is 10.2. The Balaban J connectivity index is 2.20. The summed E-state index contributed by atoms with van der Waals surface area (Å²) < 4.78 is 0. The highest BCUT2D eigenvalue weighted by Gasteiger charge is 2.19. The van der Waals surface area contributed by atoms with Crippen LogP contribution in [0.5, 0.6) is 0 Å². The Morgan fingerprint density at radius 3 is 3.08 bits per heavy atom. The van der Waals surface area contributed by atoms with Crippen LogP contribution >= 0.6 is 11.8 Å². The summed E-state index contributed by atoms with van der Waals surface area (Å²) in [5.74, 6) is 2.79. The summed E-state index contributed by atoms with van der Waals surface area (Å²) in [5.41, 5.74) is 5.39. The van der Waals surface area contributed by atoms with Crippen LogP contribution in [0.1, 0.15) is 12.8 Å². The van der Waals surface area contributed by atoms with Crippen molar-refractivity contribution in [2.24, 2.45) is 10.9 Å². The van der Waals surface area contributed by atoms with Crippen LogP contribution < -0.4 is 5.73 Å². The normalized spacial score (nSPS) is 24.2. The van der Waals surface area contributed by atoms with E-state index in [4.69, 9.17) is 10.9 Å². The largest absolute Gasteiger partial charge is 0.409 e. The van der Waals surface area contributed by atoms with Gasteiger partial charge in [0.15, 0.2) is 0 Å². The first-order valence-electron chi connectivity index (χ1n) is 4.48. The van der Waals surface area contributed by atoms with Crippen LogP contribution in [0.3, 0.4) is 0 Å². The molecule has 0 amide bonds. The fraction of sp³-hybridized carbons (Fsp3) is 0.875. The number of rotatable bonds is 4. The zero-order valence-corrected chi connectivity index (χ0v) is 8.76. The minimum absolute atomic E-state index is 0.317. The highest BCUT2D eigenvalue weighted by Crippen LogP contribution is 2.21. The van der Waals surface area contributed by atoms with Crippen molar-refractivity contribution in [3.63, 3.8) is 0 Å². The molecule has 0 aliphatic carbocycles. The summed E-state index contributed by atoms with van der Waals surface area (Å²) in [5, 5.41) is 11.3. The molecule has 0 spiro atoms. The van der Waals surface area contributed by atoms with Crippen LogP contribution in [-0.4, -0.2) is 47.1 Å². The highest BCUT2D eigenvalue weighted by molar-refractivity contribution is 7.99. The van der Waals surface area contributed by atoms with Gasteiger partial charge in [-0.25, -0.2) is 0 Å². The minimum atomic E-state index is 0.317. The van der Waals surface area contributed by atoms with E-state index in [2.05, 4.69) is 17.1 Å². The molecule has 0 bridgehead atoms. The molecule has 1 atom stereocenters. The molecule has 3 N–H and O–H groups in total. The van der Waals surface area contributed by atoms with E-state index in [-0.39, 0.29) is 0 Å². The van der Waals surface area contributed by atoms with Gasteiger partial charge in [0.25, 0.3) is 0 Å². The SMILES string of the molecule is CN(CC/C(N)=N/O)C1CCSC1. The Labute approximate surface area is 83.2 Å². The van der Waals surface area contributed by atoms with E-state index in [1.165, 1.54) is 17.9 Å². The Kier molecular flexibility index (Phi) is 4.38. The van der Waals surface area contributed by atoms with Gasteiger partial charge in [0, 0.05) is 24.8 Å². The van der Waals surface area contributed by atoms with Gasteiger partial charge in [-0.15, -0.1) is 0 Å². The molecule has 0 saturated carbocycles. The topological polar surface area (TPSA) is 61.8 Å². The van der Waals surface area contributed by atoms with E-state index in [9.17, 15) is 0 Å². The fourth-order valence-electron chi connectivity index (χ4n) is 1.39. The van der Waals surface area contributed by atoms with E-state index in [1.807, 2.05) is 11.8 Å².